The number of amides is 2. The summed E-state index contributed by atoms with van der Waals surface area (Å²) < 4.78 is 6.74. The molecule has 1 aromatic heterocycles. The fraction of sp³-hybridized carbons (Fsp3) is 0.667. The third-order valence-electron chi connectivity index (χ3n) is 3.84. The average Bonchev–Trinajstić information content (AvgIpc) is 2.95. The normalized spacial score (nSPS) is 16.9. The van der Waals surface area contributed by atoms with Crippen LogP contribution in [0.5, 0.6) is 0 Å². The smallest absolute Gasteiger partial charge is 0.244 e. The molecule has 2 amide bonds. The molecule has 3 N–H and O–H groups in total. The van der Waals surface area contributed by atoms with Crippen LogP contribution in [-0.4, -0.2) is 58.3 Å². The average molecular weight is 360 g/mol. The molecule has 0 spiro atoms. The number of anilines is 1. The number of nitrogens with zero attached hydrogens (tertiary/aromatic N) is 3. The highest BCUT2D eigenvalue weighted by Gasteiger charge is 2.27. The Labute approximate surface area is 148 Å². The lowest BCUT2D eigenvalue weighted by Gasteiger charge is -2.26. The van der Waals surface area contributed by atoms with E-state index in [0.717, 1.165) is 6.42 Å². The maximum atomic E-state index is 12.1. The second kappa shape index (κ2) is 9.00. The Morgan fingerprint density at radius 2 is 2.08 bits per heavy atom. The lowest BCUT2D eigenvalue weighted by Crippen LogP contribution is -2.48. The van der Waals surface area contributed by atoms with E-state index in [1.54, 1.807) is 18.0 Å². The van der Waals surface area contributed by atoms with Crippen LogP contribution in [0.3, 0.4) is 0 Å². The molecule has 2 heterocycles. The lowest BCUT2D eigenvalue weighted by atomic mass is 9.96. The van der Waals surface area contributed by atoms with Gasteiger partial charge in [-0.05, 0) is 13.3 Å². The molecule has 136 valence electrons. The Bertz CT molecular complexity index is 555. The summed E-state index contributed by atoms with van der Waals surface area (Å²) in [7, 11) is 0. The molecule has 0 saturated carbocycles. The van der Waals surface area contributed by atoms with E-state index in [0.29, 0.717) is 38.4 Å². The summed E-state index contributed by atoms with van der Waals surface area (Å²) in [4.78, 5) is 26.0. The maximum absolute atomic E-state index is 12.1. The predicted octanol–water partition coefficient (Wildman–Crippen LogP) is 0.620. The first-order chi connectivity index (χ1) is 10.9. The van der Waals surface area contributed by atoms with Crippen LogP contribution < -0.4 is 11.1 Å². The van der Waals surface area contributed by atoms with Crippen LogP contribution in [0.25, 0.3) is 0 Å². The molecular formula is C15H26ClN5O3. The van der Waals surface area contributed by atoms with Crippen molar-refractivity contribution in [2.45, 2.75) is 38.8 Å². The number of ether oxygens (including phenoxy) is 1. The molecule has 0 radical (unpaired) electrons. The predicted molar refractivity (Wildman–Crippen MR) is 93.0 cm³/mol. The van der Waals surface area contributed by atoms with Gasteiger partial charge in [0.05, 0.1) is 30.6 Å². The van der Waals surface area contributed by atoms with E-state index >= 15 is 0 Å². The molecule has 0 aliphatic carbocycles. The standard InChI is InChI=1S/C15H25N5O3.ClH/c1-3-4-15(2,16)14(22)18-12-9-17-20(10-12)11-13(21)19-5-7-23-8-6-19;/h9-10H,3-8,11,16H2,1-2H3,(H,18,22);1H. The van der Waals surface area contributed by atoms with Gasteiger partial charge in [-0.25, -0.2) is 0 Å². The zero-order valence-electron chi connectivity index (χ0n) is 14.2. The van der Waals surface area contributed by atoms with E-state index in [1.165, 1.54) is 10.9 Å². The van der Waals surface area contributed by atoms with Crippen molar-refractivity contribution < 1.29 is 14.3 Å². The van der Waals surface area contributed by atoms with Gasteiger partial charge in [0.25, 0.3) is 0 Å². The summed E-state index contributed by atoms with van der Waals surface area (Å²) in [5.41, 5.74) is 5.62. The van der Waals surface area contributed by atoms with E-state index < -0.39 is 5.54 Å². The van der Waals surface area contributed by atoms with Crippen LogP contribution in [0.1, 0.15) is 26.7 Å². The van der Waals surface area contributed by atoms with Gasteiger partial charge in [0.1, 0.15) is 6.54 Å². The summed E-state index contributed by atoms with van der Waals surface area (Å²) in [5, 5.41) is 6.86. The van der Waals surface area contributed by atoms with E-state index in [9.17, 15) is 9.59 Å². The van der Waals surface area contributed by atoms with Crippen LogP contribution in [0.15, 0.2) is 12.4 Å². The maximum Gasteiger partial charge on any atom is 0.244 e. The van der Waals surface area contributed by atoms with Crippen LogP contribution in [0.4, 0.5) is 5.69 Å². The highest BCUT2D eigenvalue weighted by molar-refractivity contribution is 5.97. The number of morpholine rings is 1. The van der Waals surface area contributed by atoms with Crippen molar-refractivity contribution >= 4 is 29.9 Å². The molecule has 1 unspecified atom stereocenters. The van der Waals surface area contributed by atoms with Gasteiger partial charge < -0.3 is 20.7 Å². The van der Waals surface area contributed by atoms with Gasteiger partial charge in [0.2, 0.25) is 11.8 Å². The molecule has 1 atom stereocenters. The Balaban J connectivity index is 0.00000288. The molecule has 9 heteroatoms. The van der Waals surface area contributed by atoms with Crippen molar-refractivity contribution in [3.8, 4) is 0 Å². The topological polar surface area (TPSA) is 102 Å². The van der Waals surface area contributed by atoms with Gasteiger partial charge in [0, 0.05) is 19.3 Å². The van der Waals surface area contributed by atoms with Crippen molar-refractivity contribution in [3.63, 3.8) is 0 Å². The number of halogens is 1. The Morgan fingerprint density at radius 3 is 2.71 bits per heavy atom. The van der Waals surface area contributed by atoms with Gasteiger partial charge >= 0.3 is 0 Å². The van der Waals surface area contributed by atoms with Gasteiger partial charge in [0.15, 0.2) is 0 Å². The molecule has 1 fully saturated rings. The molecule has 0 aromatic carbocycles. The SMILES string of the molecule is CCCC(C)(N)C(=O)Nc1cnn(CC(=O)N2CCOCC2)c1.Cl. The highest BCUT2D eigenvalue weighted by atomic mass is 35.5. The number of nitrogens with one attached hydrogen (secondary N) is 1. The number of hydrogen-bond acceptors (Lipinski definition) is 5. The van der Waals surface area contributed by atoms with Crippen LogP contribution in [0, 0.1) is 0 Å². The number of carbonyl (C=O) groups excluding carboxylic acids is 2. The highest BCUT2D eigenvalue weighted by Crippen LogP contribution is 2.13. The fourth-order valence-corrected chi connectivity index (χ4v) is 2.47. The largest absolute Gasteiger partial charge is 0.378 e. The van der Waals surface area contributed by atoms with E-state index in [-0.39, 0.29) is 30.8 Å². The lowest BCUT2D eigenvalue weighted by molar-refractivity contribution is -0.136. The third-order valence-corrected chi connectivity index (χ3v) is 3.84. The monoisotopic (exact) mass is 359 g/mol. The minimum Gasteiger partial charge on any atom is -0.378 e. The van der Waals surface area contributed by atoms with Gasteiger partial charge in [-0.15, -0.1) is 12.4 Å². The number of carbonyl (C=O) groups is 2. The Kier molecular flexibility index (Phi) is 7.65. The second-order valence-electron chi connectivity index (χ2n) is 6.04. The molecule has 8 nitrogen and oxygen atoms in total. The van der Waals surface area contributed by atoms with Crippen molar-refractivity contribution in [2.75, 3.05) is 31.6 Å². The van der Waals surface area contributed by atoms with Crippen LogP contribution >= 0.6 is 12.4 Å². The quantitative estimate of drug-likeness (QED) is 0.775. The van der Waals surface area contributed by atoms with Gasteiger partial charge in [-0.3, -0.25) is 14.3 Å². The first kappa shape index (κ1) is 20.4. The van der Waals surface area contributed by atoms with Crippen molar-refractivity contribution in [2.24, 2.45) is 5.73 Å². The zero-order valence-corrected chi connectivity index (χ0v) is 15.0. The first-order valence-electron chi connectivity index (χ1n) is 7.90. The minimum atomic E-state index is -0.916. The summed E-state index contributed by atoms with van der Waals surface area (Å²) in [6.45, 7) is 6.17. The minimum absolute atomic E-state index is 0. The van der Waals surface area contributed by atoms with Gasteiger partial charge in [-0.2, -0.15) is 5.10 Å². The van der Waals surface area contributed by atoms with Crippen LogP contribution in [0.2, 0.25) is 0 Å². The summed E-state index contributed by atoms with van der Waals surface area (Å²) >= 11 is 0. The van der Waals surface area contributed by atoms with E-state index in [1.807, 2.05) is 6.92 Å². The molecule has 0 bridgehead atoms. The summed E-state index contributed by atoms with van der Waals surface area (Å²) in [6, 6.07) is 0. The zero-order chi connectivity index (χ0) is 16.9. The fourth-order valence-electron chi connectivity index (χ4n) is 2.47. The molecule has 1 aromatic rings. The summed E-state index contributed by atoms with van der Waals surface area (Å²) in [6.07, 6.45) is 4.58. The van der Waals surface area contributed by atoms with Crippen LogP contribution in [-0.2, 0) is 20.9 Å². The molecule has 24 heavy (non-hydrogen) atoms. The molecule has 1 aliphatic rings. The van der Waals surface area contributed by atoms with E-state index in [4.69, 9.17) is 10.5 Å². The number of hydrogen-bond donors (Lipinski definition) is 2. The molecule has 2 rings (SSSR count). The second-order valence-corrected chi connectivity index (χ2v) is 6.04. The number of rotatable bonds is 6. The number of aromatic nitrogens is 2. The number of nitrogens with two attached hydrogens (primary N) is 1. The molecular weight excluding hydrogens is 334 g/mol. The van der Waals surface area contributed by atoms with Gasteiger partial charge in [-0.1, -0.05) is 13.3 Å². The molecule has 1 saturated heterocycles. The summed E-state index contributed by atoms with van der Waals surface area (Å²) in [5.74, 6) is -0.262. The van der Waals surface area contributed by atoms with Crippen molar-refractivity contribution in [1.82, 2.24) is 14.7 Å². The van der Waals surface area contributed by atoms with Crippen molar-refractivity contribution in [1.29, 1.82) is 0 Å². The van der Waals surface area contributed by atoms with Crippen molar-refractivity contribution in [3.05, 3.63) is 12.4 Å². The first-order valence-corrected chi connectivity index (χ1v) is 7.90. The molecule has 1 aliphatic heterocycles. The Hall–Kier alpha value is -1.64. The van der Waals surface area contributed by atoms with E-state index in [2.05, 4.69) is 10.4 Å². The Morgan fingerprint density at radius 1 is 1.42 bits per heavy atom. The third kappa shape index (κ3) is 5.47.